The number of hydrogen-bond acceptors (Lipinski definition) is 2. The summed E-state index contributed by atoms with van der Waals surface area (Å²) in [6.45, 7) is 19.9. The van der Waals surface area contributed by atoms with Crippen LogP contribution in [0, 0.1) is 22.2 Å². The first-order chi connectivity index (χ1) is 12.0. The molecular formula is C24H44N2. The highest BCUT2D eigenvalue weighted by Crippen LogP contribution is 2.59. The predicted molar refractivity (Wildman–Crippen MR) is 111 cm³/mol. The summed E-state index contributed by atoms with van der Waals surface area (Å²) in [4.78, 5) is 5.59. The average molecular weight is 361 g/mol. The smallest absolute Gasteiger partial charge is 0.0125 e. The van der Waals surface area contributed by atoms with E-state index in [1.807, 2.05) is 0 Å². The molecule has 2 saturated heterocycles. The topological polar surface area (TPSA) is 6.48 Å². The van der Waals surface area contributed by atoms with Crippen LogP contribution in [0.3, 0.4) is 0 Å². The van der Waals surface area contributed by atoms with Crippen LogP contribution in [-0.4, -0.2) is 47.6 Å². The molecule has 0 atom stereocenters. The number of nitrogens with zero attached hydrogens (tertiary/aromatic N) is 2. The molecule has 0 aromatic heterocycles. The maximum absolute atomic E-state index is 2.89. The van der Waals surface area contributed by atoms with Crippen LogP contribution in [0.1, 0.15) is 92.9 Å². The highest BCUT2D eigenvalue weighted by atomic mass is 15.2. The van der Waals surface area contributed by atoms with Crippen LogP contribution in [0.25, 0.3) is 0 Å². The Morgan fingerprint density at radius 2 is 1.12 bits per heavy atom. The lowest BCUT2D eigenvalue weighted by Gasteiger charge is -2.60. The fourth-order valence-corrected chi connectivity index (χ4v) is 6.63. The molecule has 0 aromatic rings. The number of rotatable bonds is 1. The summed E-state index contributed by atoms with van der Waals surface area (Å²) in [5.74, 6) is 0.981. The van der Waals surface area contributed by atoms with Gasteiger partial charge >= 0.3 is 0 Å². The summed E-state index contributed by atoms with van der Waals surface area (Å²) in [5.41, 5.74) is 2.35. The SMILES string of the molecule is CC(C)(C)C1CC2(CCN(C3CC4(CCN(C(C)(C)C)CC4)C3)CC2)C1. The minimum absolute atomic E-state index is 0.361. The third-order valence-electron chi connectivity index (χ3n) is 9.07. The van der Waals surface area contributed by atoms with E-state index in [4.69, 9.17) is 0 Å². The Labute approximate surface area is 163 Å². The molecule has 4 aliphatic rings. The average Bonchev–Trinajstić information content (AvgIpc) is 2.49. The molecule has 2 aliphatic carbocycles. The van der Waals surface area contributed by atoms with Gasteiger partial charge in [-0.1, -0.05) is 20.8 Å². The molecule has 150 valence electrons. The van der Waals surface area contributed by atoms with Crippen LogP contribution in [0.4, 0.5) is 0 Å². The van der Waals surface area contributed by atoms with E-state index in [2.05, 4.69) is 51.3 Å². The van der Waals surface area contributed by atoms with Crippen LogP contribution in [0.2, 0.25) is 0 Å². The van der Waals surface area contributed by atoms with Gasteiger partial charge in [0.25, 0.3) is 0 Å². The lowest BCUT2D eigenvalue weighted by molar-refractivity contribution is -0.0993. The molecule has 2 spiro atoms. The van der Waals surface area contributed by atoms with E-state index < -0.39 is 0 Å². The number of piperidine rings is 2. The van der Waals surface area contributed by atoms with Crippen LogP contribution in [0.5, 0.6) is 0 Å². The quantitative estimate of drug-likeness (QED) is 0.603. The van der Waals surface area contributed by atoms with Gasteiger partial charge in [-0.25, -0.2) is 0 Å². The number of likely N-dealkylation sites (tertiary alicyclic amines) is 2. The molecule has 0 N–H and O–H groups in total. The van der Waals surface area contributed by atoms with Gasteiger partial charge in [0.2, 0.25) is 0 Å². The second kappa shape index (κ2) is 6.21. The van der Waals surface area contributed by atoms with E-state index in [-0.39, 0.29) is 0 Å². The van der Waals surface area contributed by atoms with E-state index in [1.165, 1.54) is 77.5 Å². The molecule has 2 heteroatoms. The van der Waals surface area contributed by atoms with Crippen molar-refractivity contribution in [2.45, 2.75) is 104 Å². The Morgan fingerprint density at radius 1 is 0.654 bits per heavy atom. The largest absolute Gasteiger partial charge is 0.300 e. The lowest BCUT2D eigenvalue weighted by Crippen LogP contribution is -2.59. The molecule has 4 fully saturated rings. The standard InChI is InChI=1S/C24H44N2/c1-21(2,3)19-15-23(16-19)7-11-25(12-8-23)20-17-24(18-20)9-13-26(14-10-24)22(4,5)6/h19-20H,7-18H2,1-6H3. The molecule has 0 bridgehead atoms. The monoisotopic (exact) mass is 360 g/mol. The van der Waals surface area contributed by atoms with Crippen molar-refractivity contribution in [3.63, 3.8) is 0 Å². The minimum Gasteiger partial charge on any atom is -0.300 e. The Balaban J connectivity index is 1.21. The van der Waals surface area contributed by atoms with Crippen molar-refractivity contribution in [3.8, 4) is 0 Å². The molecular weight excluding hydrogens is 316 g/mol. The molecule has 0 unspecified atom stereocenters. The van der Waals surface area contributed by atoms with Crippen LogP contribution >= 0.6 is 0 Å². The zero-order valence-electron chi connectivity index (χ0n) is 18.5. The maximum Gasteiger partial charge on any atom is 0.0125 e. The van der Waals surface area contributed by atoms with Crippen LogP contribution < -0.4 is 0 Å². The number of hydrogen-bond donors (Lipinski definition) is 0. The van der Waals surface area contributed by atoms with E-state index >= 15 is 0 Å². The van der Waals surface area contributed by atoms with E-state index in [0.29, 0.717) is 11.0 Å². The van der Waals surface area contributed by atoms with Gasteiger partial charge in [0.15, 0.2) is 0 Å². The van der Waals surface area contributed by atoms with E-state index in [1.54, 1.807) is 0 Å². The lowest BCUT2D eigenvalue weighted by atomic mass is 9.51. The third kappa shape index (κ3) is 3.50. The van der Waals surface area contributed by atoms with Gasteiger partial charge in [-0.05, 0) is 120 Å². The second-order valence-electron chi connectivity index (χ2n) is 12.7. The first-order valence-electron chi connectivity index (χ1n) is 11.5. The molecule has 2 aliphatic heterocycles. The Hall–Kier alpha value is -0.0800. The van der Waals surface area contributed by atoms with E-state index in [0.717, 1.165) is 22.8 Å². The summed E-state index contributed by atoms with van der Waals surface area (Å²) >= 11 is 0. The molecule has 0 aromatic carbocycles. The molecule has 4 rings (SSSR count). The molecule has 2 nitrogen and oxygen atoms in total. The normalized spacial score (nSPS) is 33.2. The molecule has 0 amide bonds. The first kappa shape index (κ1) is 19.2. The van der Waals surface area contributed by atoms with Crippen molar-refractivity contribution in [2.75, 3.05) is 26.2 Å². The van der Waals surface area contributed by atoms with Gasteiger partial charge in [0.1, 0.15) is 0 Å². The maximum atomic E-state index is 2.89. The zero-order chi connectivity index (χ0) is 18.8. The van der Waals surface area contributed by atoms with Crippen molar-refractivity contribution >= 4 is 0 Å². The first-order valence-corrected chi connectivity index (χ1v) is 11.5. The van der Waals surface area contributed by atoms with Gasteiger partial charge in [0, 0.05) is 11.6 Å². The summed E-state index contributed by atoms with van der Waals surface area (Å²) in [7, 11) is 0. The summed E-state index contributed by atoms with van der Waals surface area (Å²) < 4.78 is 0. The highest BCUT2D eigenvalue weighted by Gasteiger charge is 2.52. The summed E-state index contributed by atoms with van der Waals surface area (Å²) in [6, 6.07) is 0.923. The van der Waals surface area contributed by atoms with Gasteiger partial charge in [-0.3, -0.25) is 4.90 Å². The summed E-state index contributed by atoms with van der Waals surface area (Å²) in [6.07, 6.45) is 11.9. The van der Waals surface area contributed by atoms with Gasteiger partial charge in [-0.15, -0.1) is 0 Å². The van der Waals surface area contributed by atoms with Crippen LogP contribution in [-0.2, 0) is 0 Å². The Bertz CT molecular complexity index is 491. The van der Waals surface area contributed by atoms with Crippen molar-refractivity contribution < 1.29 is 0 Å². The van der Waals surface area contributed by atoms with Gasteiger partial charge in [-0.2, -0.15) is 0 Å². The van der Waals surface area contributed by atoms with Gasteiger partial charge in [0.05, 0.1) is 0 Å². The fraction of sp³-hybridized carbons (Fsp3) is 1.00. The Kier molecular flexibility index (Phi) is 4.60. The Morgan fingerprint density at radius 3 is 1.58 bits per heavy atom. The predicted octanol–water partition coefficient (Wildman–Crippen LogP) is 5.57. The molecule has 0 radical (unpaired) electrons. The van der Waals surface area contributed by atoms with E-state index in [9.17, 15) is 0 Å². The van der Waals surface area contributed by atoms with Crippen molar-refractivity contribution in [1.82, 2.24) is 9.80 Å². The van der Waals surface area contributed by atoms with Crippen molar-refractivity contribution in [3.05, 3.63) is 0 Å². The highest BCUT2D eigenvalue weighted by molar-refractivity contribution is 5.05. The fourth-order valence-electron chi connectivity index (χ4n) is 6.63. The molecule has 2 saturated carbocycles. The van der Waals surface area contributed by atoms with Crippen molar-refractivity contribution in [2.24, 2.45) is 22.2 Å². The molecule has 2 heterocycles. The van der Waals surface area contributed by atoms with Gasteiger partial charge < -0.3 is 4.90 Å². The van der Waals surface area contributed by atoms with Crippen molar-refractivity contribution in [1.29, 1.82) is 0 Å². The van der Waals surface area contributed by atoms with Crippen LogP contribution in [0.15, 0.2) is 0 Å². The zero-order valence-corrected chi connectivity index (χ0v) is 18.5. The third-order valence-corrected chi connectivity index (χ3v) is 9.07. The summed E-state index contributed by atoms with van der Waals surface area (Å²) in [5, 5.41) is 0. The minimum atomic E-state index is 0.361. The second-order valence-corrected chi connectivity index (χ2v) is 12.7. The molecule has 26 heavy (non-hydrogen) atoms.